The number of carbonyl (C=O) groups excluding carboxylic acids is 1. The molecule has 0 aliphatic carbocycles. The van der Waals surface area contributed by atoms with Gasteiger partial charge in [-0.1, -0.05) is 29.8 Å². The second kappa shape index (κ2) is 5.78. The summed E-state index contributed by atoms with van der Waals surface area (Å²) >= 11 is 0. The largest absolute Gasteiger partial charge is 0.381 e. The number of ether oxygens (including phenoxy) is 1. The Balaban J connectivity index is 1.86. The van der Waals surface area contributed by atoms with Crippen LogP contribution in [0.3, 0.4) is 0 Å². The van der Waals surface area contributed by atoms with Crippen LogP contribution in [-0.2, 0) is 9.53 Å². The van der Waals surface area contributed by atoms with E-state index < -0.39 is 0 Å². The minimum Gasteiger partial charge on any atom is -0.381 e. The van der Waals surface area contributed by atoms with Crippen LogP contribution < -0.4 is 5.32 Å². The van der Waals surface area contributed by atoms with E-state index in [-0.39, 0.29) is 24.2 Å². The lowest BCUT2D eigenvalue weighted by Gasteiger charge is -2.33. The van der Waals surface area contributed by atoms with Crippen molar-refractivity contribution in [1.82, 2.24) is 10.2 Å². The highest BCUT2D eigenvalue weighted by molar-refractivity contribution is 5.84. The van der Waals surface area contributed by atoms with E-state index in [2.05, 4.69) is 43.4 Å². The first-order valence-electron chi connectivity index (χ1n) is 7.80. The van der Waals surface area contributed by atoms with E-state index in [9.17, 15) is 4.79 Å². The predicted octanol–water partition coefficient (Wildman–Crippen LogP) is 2.24. The summed E-state index contributed by atoms with van der Waals surface area (Å²) in [6.45, 7) is 7.75. The number of amides is 1. The van der Waals surface area contributed by atoms with Gasteiger partial charge in [0.1, 0.15) is 6.17 Å². The lowest BCUT2D eigenvalue weighted by molar-refractivity contribution is -0.132. The van der Waals surface area contributed by atoms with Crippen LogP contribution in [0.15, 0.2) is 24.3 Å². The molecule has 0 saturated carbocycles. The average molecular weight is 288 g/mol. The van der Waals surface area contributed by atoms with E-state index >= 15 is 0 Å². The maximum absolute atomic E-state index is 12.6. The molecule has 3 rings (SSSR count). The fraction of sp³-hybridized carbons (Fsp3) is 0.588. The highest BCUT2D eigenvalue weighted by Gasteiger charge is 2.42. The molecule has 2 saturated heterocycles. The lowest BCUT2D eigenvalue weighted by atomic mass is 9.97. The Morgan fingerprint density at radius 2 is 2.05 bits per heavy atom. The summed E-state index contributed by atoms with van der Waals surface area (Å²) in [5, 5.41) is 3.43. The topological polar surface area (TPSA) is 41.6 Å². The van der Waals surface area contributed by atoms with E-state index in [0.717, 1.165) is 25.2 Å². The van der Waals surface area contributed by atoms with Crippen LogP contribution in [0, 0.1) is 12.8 Å². The monoisotopic (exact) mass is 288 g/mol. The molecular formula is C17H24N2O2. The molecular weight excluding hydrogens is 264 g/mol. The molecule has 2 heterocycles. The van der Waals surface area contributed by atoms with Gasteiger partial charge in [-0.15, -0.1) is 0 Å². The van der Waals surface area contributed by atoms with Crippen LogP contribution in [0.2, 0.25) is 0 Å². The van der Waals surface area contributed by atoms with Crippen LogP contribution >= 0.6 is 0 Å². The van der Waals surface area contributed by atoms with E-state index in [1.54, 1.807) is 0 Å². The van der Waals surface area contributed by atoms with Crippen molar-refractivity contribution in [2.75, 3.05) is 13.2 Å². The van der Waals surface area contributed by atoms with Crippen LogP contribution in [-0.4, -0.2) is 36.1 Å². The summed E-state index contributed by atoms with van der Waals surface area (Å²) in [5.41, 5.74) is 2.39. The maximum atomic E-state index is 12.6. The third-order valence-corrected chi connectivity index (χ3v) is 4.79. The number of nitrogens with one attached hydrogen (secondary N) is 1. The number of hydrogen-bond acceptors (Lipinski definition) is 3. The van der Waals surface area contributed by atoms with Crippen LogP contribution in [0.1, 0.15) is 37.6 Å². The van der Waals surface area contributed by atoms with Gasteiger partial charge in [0.25, 0.3) is 0 Å². The quantitative estimate of drug-likeness (QED) is 0.927. The number of aryl methyl sites for hydroxylation is 1. The van der Waals surface area contributed by atoms with Crippen molar-refractivity contribution in [2.45, 2.75) is 45.4 Å². The highest BCUT2D eigenvalue weighted by Crippen LogP contribution is 2.32. The van der Waals surface area contributed by atoms with Crippen molar-refractivity contribution < 1.29 is 9.53 Å². The second-order valence-electron chi connectivity index (χ2n) is 6.31. The molecule has 2 aliphatic rings. The molecule has 1 aromatic carbocycles. The molecule has 2 aliphatic heterocycles. The molecule has 4 unspecified atom stereocenters. The van der Waals surface area contributed by atoms with Gasteiger partial charge in [0.15, 0.2) is 0 Å². The summed E-state index contributed by atoms with van der Waals surface area (Å²) in [6, 6.07) is 8.51. The first-order chi connectivity index (χ1) is 10.1. The molecule has 1 amide bonds. The zero-order valence-electron chi connectivity index (χ0n) is 13.0. The Labute approximate surface area is 126 Å². The summed E-state index contributed by atoms with van der Waals surface area (Å²) < 4.78 is 5.50. The molecule has 0 aromatic heterocycles. The first-order valence-corrected chi connectivity index (χ1v) is 7.80. The SMILES string of the molecule is Cc1ccc(C2NC(C)C(=O)N2C(C)C2CCOC2)cc1. The zero-order chi connectivity index (χ0) is 15.0. The molecule has 4 heteroatoms. The molecule has 4 atom stereocenters. The molecule has 21 heavy (non-hydrogen) atoms. The van der Waals surface area contributed by atoms with Crippen molar-refractivity contribution >= 4 is 5.91 Å². The Bertz CT molecular complexity index is 508. The standard InChI is InChI=1S/C17H24N2O2/c1-11-4-6-14(7-5-11)16-18-12(2)17(20)19(16)13(3)15-8-9-21-10-15/h4-7,12-13,15-16,18H,8-10H2,1-3H3. The Morgan fingerprint density at radius 1 is 1.33 bits per heavy atom. The van der Waals surface area contributed by atoms with Gasteiger partial charge in [0.05, 0.1) is 12.6 Å². The lowest BCUT2D eigenvalue weighted by Crippen LogP contribution is -2.42. The fourth-order valence-corrected chi connectivity index (χ4v) is 3.34. The first kappa shape index (κ1) is 14.5. The van der Waals surface area contributed by atoms with Crippen LogP contribution in [0.5, 0.6) is 0 Å². The van der Waals surface area contributed by atoms with Crippen molar-refractivity contribution in [3.8, 4) is 0 Å². The minimum atomic E-state index is -0.124. The molecule has 2 fully saturated rings. The van der Waals surface area contributed by atoms with Crippen LogP contribution in [0.4, 0.5) is 0 Å². The fourth-order valence-electron chi connectivity index (χ4n) is 3.34. The van der Waals surface area contributed by atoms with E-state index in [1.807, 2.05) is 11.8 Å². The number of hydrogen-bond donors (Lipinski definition) is 1. The molecule has 114 valence electrons. The van der Waals surface area contributed by atoms with Gasteiger partial charge in [0.2, 0.25) is 5.91 Å². The van der Waals surface area contributed by atoms with Gasteiger partial charge >= 0.3 is 0 Å². The van der Waals surface area contributed by atoms with Gasteiger partial charge in [-0.05, 0) is 32.8 Å². The summed E-state index contributed by atoms with van der Waals surface area (Å²) in [6.07, 6.45) is 1.02. The Morgan fingerprint density at radius 3 is 2.67 bits per heavy atom. The second-order valence-corrected chi connectivity index (χ2v) is 6.31. The number of rotatable bonds is 3. The van der Waals surface area contributed by atoms with Crippen molar-refractivity contribution in [2.24, 2.45) is 5.92 Å². The summed E-state index contributed by atoms with van der Waals surface area (Å²) in [5.74, 6) is 0.633. The number of nitrogens with zero attached hydrogens (tertiary/aromatic N) is 1. The van der Waals surface area contributed by atoms with E-state index in [4.69, 9.17) is 4.74 Å². The molecule has 0 radical (unpaired) electrons. The predicted molar refractivity (Wildman–Crippen MR) is 81.8 cm³/mol. The van der Waals surface area contributed by atoms with E-state index in [0.29, 0.717) is 5.92 Å². The molecule has 0 bridgehead atoms. The normalized spacial score (nSPS) is 30.9. The highest BCUT2D eigenvalue weighted by atomic mass is 16.5. The minimum absolute atomic E-state index is 0.0244. The van der Waals surface area contributed by atoms with Gasteiger partial charge in [-0.2, -0.15) is 0 Å². The maximum Gasteiger partial charge on any atom is 0.241 e. The van der Waals surface area contributed by atoms with Crippen molar-refractivity contribution in [1.29, 1.82) is 0 Å². The third-order valence-electron chi connectivity index (χ3n) is 4.79. The summed E-state index contributed by atoms with van der Waals surface area (Å²) in [7, 11) is 0. The Hall–Kier alpha value is -1.39. The number of benzene rings is 1. The van der Waals surface area contributed by atoms with Gasteiger partial charge in [-0.3, -0.25) is 10.1 Å². The van der Waals surface area contributed by atoms with E-state index in [1.165, 1.54) is 5.56 Å². The zero-order valence-corrected chi connectivity index (χ0v) is 13.0. The summed E-state index contributed by atoms with van der Waals surface area (Å²) in [4.78, 5) is 14.6. The Kier molecular flexibility index (Phi) is 4.00. The smallest absolute Gasteiger partial charge is 0.241 e. The van der Waals surface area contributed by atoms with Crippen molar-refractivity contribution in [3.63, 3.8) is 0 Å². The molecule has 1 N–H and O–H groups in total. The molecule has 1 aromatic rings. The van der Waals surface area contributed by atoms with Gasteiger partial charge in [-0.25, -0.2) is 0 Å². The third kappa shape index (κ3) is 2.70. The van der Waals surface area contributed by atoms with Crippen molar-refractivity contribution in [3.05, 3.63) is 35.4 Å². The average Bonchev–Trinajstić information content (AvgIpc) is 3.09. The molecule has 4 nitrogen and oxygen atoms in total. The molecule has 0 spiro atoms. The van der Waals surface area contributed by atoms with Gasteiger partial charge in [0, 0.05) is 18.6 Å². The van der Waals surface area contributed by atoms with Crippen LogP contribution in [0.25, 0.3) is 0 Å². The number of carbonyl (C=O) groups is 1. The van der Waals surface area contributed by atoms with Gasteiger partial charge < -0.3 is 9.64 Å².